The van der Waals surface area contributed by atoms with Gasteiger partial charge in [0, 0.05) is 19.0 Å². The van der Waals surface area contributed by atoms with Crippen LogP contribution in [-0.4, -0.2) is 37.6 Å². The fourth-order valence-electron chi connectivity index (χ4n) is 1.88. The van der Waals surface area contributed by atoms with Crippen LogP contribution >= 0.6 is 0 Å². The Bertz CT molecular complexity index is 386. The molecule has 16 heavy (non-hydrogen) atoms. The number of amides is 1. The number of para-hydroxylation sites is 1. The van der Waals surface area contributed by atoms with E-state index in [0.717, 1.165) is 13.1 Å². The molecule has 4 nitrogen and oxygen atoms in total. The molecule has 0 aliphatic carbocycles. The minimum absolute atomic E-state index is 0.0298. The molecule has 2 N–H and O–H groups in total. The maximum absolute atomic E-state index is 12.1. The highest BCUT2D eigenvalue weighted by Crippen LogP contribution is 2.23. The molecule has 0 bridgehead atoms. The minimum Gasteiger partial charge on any atom is -0.496 e. The lowest BCUT2D eigenvalue weighted by Crippen LogP contribution is -2.52. The molecular weight excluding hydrogens is 204 g/mol. The molecular formula is C12H16N2O2. The Balaban J connectivity index is 2.10. The van der Waals surface area contributed by atoms with Crippen molar-refractivity contribution in [1.82, 2.24) is 4.90 Å². The van der Waals surface area contributed by atoms with Crippen LogP contribution in [0.2, 0.25) is 0 Å². The summed E-state index contributed by atoms with van der Waals surface area (Å²) in [5.41, 5.74) is 6.15. The quantitative estimate of drug-likeness (QED) is 0.816. The van der Waals surface area contributed by atoms with Crippen molar-refractivity contribution in [2.45, 2.75) is 0 Å². The van der Waals surface area contributed by atoms with E-state index in [2.05, 4.69) is 0 Å². The molecule has 0 aromatic heterocycles. The highest BCUT2D eigenvalue weighted by Gasteiger charge is 2.31. The topological polar surface area (TPSA) is 55.6 Å². The lowest BCUT2D eigenvalue weighted by atomic mass is 9.99. The number of benzene rings is 1. The maximum Gasteiger partial charge on any atom is 0.257 e. The monoisotopic (exact) mass is 220 g/mol. The van der Waals surface area contributed by atoms with Crippen molar-refractivity contribution in [3.63, 3.8) is 0 Å². The smallest absolute Gasteiger partial charge is 0.257 e. The van der Waals surface area contributed by atoms with Crippen LogP contribution < -0.4 is 10.5 Å². The van der Waals surface area contributed by atoms with E-state index >= 15 is 0 Å². The third kappa shape index (κ3) is 1.88. The van der Waals surface area contributed by atoms with Gasteiger partial charge in [-0.15, -0.1) is 0 Å². The zero-order valence-electron chi connectivity index (χ0n) is 9.35. The average molecular weight is 220 g/mol. The van der Waals surface area contributed by atoms with Crippen LogP contribution in [0.1, 0.15) is 10.4 Å². The lowest BCUT2D eigenvalue weighted by molar-refractivity contribution is 0.0512. The van der Waals surface area contributed by atoms with Gasteiger partial charge in [0.2, 0.25) is 0 Å². The van der Waals surface area contributed by atoms with Crippen LogP contribution in [0.4, 0.5) is 0 Å². The van der Waals surface area contributed by atoms with Gasteiger partial charge in [-0.2, -0.15) is 0 Å². The summed E-state index contributed by atoms with van der Waals surface area (Å²) >= 11 is 0. The van der Waals surface area contributed by atoms with Crippen LogP contribution in [0.5, 0.6) is 5.75 Å². The van der Waals surface area contributed by atoms with Crippen molar-refractivity contribution < 1.29 is 9.53 Å². The van der Waals surface area contributed by atoms with E-state index < -0.39 is 0 Å². The van der Waals surface area contributed by atoms with Gasteiger partial charge in [0.1, 0.15) is 5.75 Å². The average Bonchev–Trinajstić information content (AvgIpc) is 2.27. The number of methoxy groups -OCH3 is 1. The molecule has 4 heteroatoms. The third-order valence-electron chi connectivity index (χ3n) is 2.92. The second kappa shape index (κ2) is 4.53. The second-order valence-electron chi connectivity index (χ2n) is 4.01. The molecule has 1 saturated heterocycles. The van der Waals surface area contributed by atoms with Gasteiger partial charge in [0.25, 0.3) is 5.91 Å². The van der Waals surface area contributed by atoms with Crippen LogP contribution in [0.3, 0.4) is 0 Å². The molecule has 1 heterocycles. The first kappa shape index (κ1) is 11.0. The highest BCUT2D eigenvalue weighted by molar-refractivity contribution is 5.97. The summed E-state index contributed by atoms with van der Waals surface area (Å²) < 4.78 is 5.17. The molecule has 0 radical (unpaired) electrons. The van der Waals surface area contributed by atoms with Crippen molar-refractivity contribution in [2.24, 2.45) is 11.7 Å². The predicted molar refractivity (Wildman–Crippen MR) is 61.4 cm³/mol. The molecule has 0 atom stereocenters. The Morgan fingerprint density at radius 1 is 1.50 bits per heavy atom. The van der Waals surface area contributed by atoms with Crippen LogP contribution in [-0.2, 0) is 0 Å². The van der Waals surface area contributed by atoms with Gasteiger partial charge >= 0.3 is 0 Å². The summed E-state index contributed by atoms with van der Waals surface area (Å²) in [5.74, 6) is 1.12. The van der Waals surface area contributed by atoms with Crippen molar-refractivity contribution in [3.05, 3.63) is 29.8 Å². The number of nitrogens with two attached hydrogens (primary N) is 1. The molecule has 1 amide bonds. The normalized spacial score (nSPS) is 15.8. The van der Waals surface area contributed by atoms with Crippen molar-refractivity contribution in [2.75, 3.05) is 26.7 Å². The molecule has 1 aromatic rings. The van der Waals surface area contributed by atoms with E-state index in [1.54, 1.807) is 24.1 Å². The van der Waals surface area contributed by atoms with E-state index in [4.69, 9.17) is 10.5 Å². The summed E-state index contributed by atoms with van der Waals surface area (Å²) in [4.78, 5) is 13.9. The van der Waals surface area contributed by atoms with Crippen LogP contribution in [0, 0.1) is 5.92 Å². The van der Waals surface area contributed by atoms with Gasteiger partial charge in [-0.05, 0) is 18.7 Å². The molecule has 1 fully saturated rings. The molecule has 0 saturated carbocycles. The Kier molecular flexibility index (Phi) is 3.10. The number of carbonyl (C=O) groups is 1. The Morgan fingerprint density at radius 2 is 2.19 bits per heavy atom. The largest absolute Gasteiger partial charge is 0.496 e. The number of nitrogens with zero attached hydrogens (tertiary/aromatic N) is 1. The number of hydrogen-bond acceptors (Lipinski definition) is 3. The molecule has 1 aromatic carbocycles. The minimum atomic E-state index is 0.0298. The molecule has 0 spiro atoms. The van der Waals surface area contributed by atoms with E-state index in [-0.39, 0.29) is 5.91 Å². The summed E-state index contributed by atoms with van der Waals surface area (Å²) in [6.07, 6.45) is 0. The van der Waals surface area contributed by atoms with Crippen LogP contribution in [0.15, 0.2) is 24.3 Å². The molecule has 1 aliphatic heterocycles. The van der Waals surface area contributed by atoms with Crippen molar-refractivity contribution in [3.8, 4) is 5.75 Å². The first-order valence-corrected chi connectivity index (χ1v) is 5.38. The molecule has 86 valence electrons. The Labute approximate surface area is 95.0 Å². The maximum atomic E-state index is 12.1. The second-order valence-corrected chi connectivity index (χ2v) is 4.01. The van der Waals surface area contributed by atoms with Crippen LogP contribution in [0.25, 0.3) is 0 Å². The van der Waals surface area contributed by atoms with Gasteiger partial charge in [0.05, 0.1) is 12.7 Å². The Hall–Kier alpha value is -1.55. The summed E-state index contributed by atoms with van der Waals surface area (Å²) in [6, 6.07) is 7.29. The van der Waals surface area contributed by atoms with Crippen molar-refractivity contribution in [1.29, 1.82) is 0 Å². The zero-order chi connectivity index (χ0) is 11.5. The Morgan fingerprint density at radius 3 is 2.81 bits per heavy atom. The number of ether oxygens (including phenoxy) is 1. The molecule has 1 aliphatic rings. The van der Waals surface area contributed by atoms with Gasteiger partial charge in [-0.1, -0.05) is 12.1 Å². The lowest BCUT2D eigenvalue weighted by Gasteiger charge is -2.38. The van der Waals surface area contributed by atoms with E-state index in [1.165, 1.54) is 0 Å². The summed E-state index contributed by atoms with van der Waals surface area (Å²) in [5, 5.41) is 0. The number of likely N-dealkylation sites (tertiary alicyclic amines) is 1. The third-order valence-corrected chi connectivity index (χ3v) is 2.92. The highest BCUT2D eigenvalue weighted by atomic mass is 16.5. The SMILES string of the molecule is COc1ccccc1C(=O)N1CC(CN)C1. The number of rotatable bonds is 3. The summed E-state index contributed by atoms with van der Waals surface area (Å²) in [7, 11) is 1.57. The standard InChI is InChI=1S/C12H16N2O2/c1-16-11-5-3-2-4-10(11)12(15)14-7-9(6-13)8-14/h2-5,9H,6-8,13H2,1H3. The van der Waals surface area contributed by atoms with E-state index in [0.29, 0.717) is 23.8 Å². The van der Waals surface area contributed by atoms with Gasteiger partial charge in [-0.25, -0.2) is 0 Å². The van der Waals surface area contributed by atoms with E-state index in [1.807, 2.05) is 12.1 Å². The molecule has 0 unspecified atom stereocenters. The fraction of sp³-hybridized carbons (Fsp3) is 0.417. The van der Waals surface area contributed by atoms with Crippen molar-refractivity contribution >= 4 is 5.91 Å². The zero-order valence-corrected chi connectivity index (χ0v) is 9.35. The number of carbonyl (C=O) groups excluding carboxylic acids is 1. The number of hydrogen-bond donors (Lipinski definition) is 1. The van der Waals surface area contributed by atoms with Gasteiger partial charge in [0.15, 0.2) is 0 Å². The van der Waals surface area contributed by atoms with Gasteiger partial charge in [-0.3, -0.25) is 4.79 Å². The predicted octanol–water partition coefficient (Wildman–Crippen LogP) is 0.726. The fourth-order valence-corrected chi connectivity index (χ4v) is 1.88. The summed E-state index contributed by atoms with van der Waals surface area (Å²) in [6.45, 7) is 2.16. The first-order valence-electron chi connectivity index (χ1n) is 5.38. The van der Waals surface area contributed by atoms with Gasteiger partial charge < -0.3 is 15.4 Å². The molecule has 2 rings (SSSR count). The van der Waals surface area contributed by atoms with E-state index in [9.17, 15) is 4.79 Å². The first-order chi connectivity index (χ1) is 7.76.